The van der Waals surface area contributed by atoms with Crippen LogP contribution in [0.25, 0.3) is 0 Å². The molecule has 9 nitrogen and oxygen atoms in total. The number of esters is 1. The van der Waals surface area contributed by atoms with Gasteiger partial charge in [0.05, 0.1) is 6.61 Å². The van der Waals surface area contributed by atoms with E-state index in [1.807, 2.05) is 6.92 Å². The summed E-state index contributed by atoms with van der Waals surface area (Å²) in [6.07, 6.45) is 1.53. The van der Waals surface area contributed by atoms with E-state index in [9.17, 15) is 14.4 Å². The molecule has 0 radical (unpaired) electrons. The Bertz CT molecular complexity index is 891. The molecule has 0 aliphatic heterocycles. The van der Waals surface area contributed by atoms with E-state index in [4.69, 9.17) is 9.47 Å². The van der Waals surface area contributed by atoms with Gasteiger partial charge in [0, 0.05) is 17.4 Å². The van der Waals surface area contributed by atoms with Crippen LogP contribution in [0.15, 0.2) is 42.6 Å². The van der Waals surface area contributed by atoms with Gasteiger partial charge in [-0.05, 0) is 64.1 Å². The Kier molecular flexibility index (Phi) is 7.74. The zero-order valence-electron chi connectivity index (χ0n) is 17.4. The fourth-order valence-corrected chi connectivity index (χ4v) is 2.35. The molecule has 160 valence electrons. The Morgan fingerprint density at radius 2 is 1.77 bits per heavy atom. The molecule has 1 aromatic carbocycles. The summed E-state index contributed by atoms with van der Waals surface area (Å²) in [5.74, 6) is -0.485. The molecule has 0 saturated carbocycles. The van der Waals surface area contributed by atoms with Gasteiger partial charge in [0.15, 0.2) is 6.61 Å². The Morgan fingerprint density at radius 3 is 2.40 bits per heavy atom. The Labute approximate surface area is 175 Å². The molecule has 9 heteroatoms. The lowest BCUT2D eigenvalue weighted by atomic mass is 10.1. The maximum absolute atomic E-state index is 12.4. The number of nitrogens with one attached hydrogen (secondary N) is 3. The number of nitrogens with zero attached hydrogens (tertiary/aromatic N) is 1. The average Bonchev–Trinajstić information content (AvgIpc) is 2.67. The molecule has 3 N–H and O–H groups in total. The molecule has 0 atom stereocenters. The highest BCUT2D eigenvalue weighted by atomic mass is 16.5. The maximum atomic E-state index is 12.4. The van der Waals surface area contributed by atoms with E-state index in [2.05, 4.69) is 20.9 Å². The highest BCUT2D eigenvalue weighted by Crippen LogP contribution is 2.21. The van der Waals surface area contributed by atoms with Crippen molar-refractivity contribution in [1.29, 1.82) is 0 Å². The summed E-state index contributed by atoms with van der Waals surface area (Å²) in [7, 11) is 0. The molecule has 0 fully saturated rings. The number of imide groups is 1. The average molecular weight is 414 g/mol. The number of aromatic nitrogens is 1. The van der Waals surface area contributed by atoms with Crippen molar-refractivity contribution < 1.29 is 23.9 Å². The third-order valence-electron chi connectivity index (χ3n) is 3.53. The Morgan fingerprint density at radius 1 is 1.07 bits per heavy atom. The number of pyridine rings is 1. The number of hydrogen-bond donors (Lipinski definition) is 3. The van der Waals surface area contributed by atoms with Crippen molar-refractivity contribution in [2.75, 3.05) is 18.5 Å². The number of rotatable bonds is 7. The van der Waals surface area contributed by atoms with Crippen LogP contribution in [-0.4, -0.2) is 41.6 Å². The van der Waals surface area contributed by atoms with Gasteiger partial charge in [-0.15, -0.1) is 0 Å². The second kappa shape index (κ2) is 10.2. The molecule has 0 saturated heterocycles. The van der Waals surface area contributed by atoms with Crippen LogP contribution in [0.3, 0.4) is 0 Å². The molecular formula is C21H26N4O5. The lowest BCUT2D eigenvalue weighted by molar-refractivity contribution is -0.123. The summed E-state index contributed by atoms with van der Waals surface area (Å²) in [6, 6.07) is 9.60. The van der Waals surface area contributed by atoms with Crippen molar-refractivity contribution in [1.82, 2.24) is 15.6 Å². The minimum Gasteiger partial charge on any atom is -0.494 e. The molecule has 2 rings (SSSR count). The number of anilines is 2. The van der Waals surface area contributed by atoms with E-state index >= 15 is 0 Å². The first kappa shape index (κ1) is 22.7. The van der Waals surface area contributed by atoms with E-state index < -0.39 is 30.1 Å². The van der Waals surface area contributed by atoms with Crippen molar-refractivity contribution in [3.05, 3.63) is 48.2 Å². The van der Waals surface area contributed by atoms with Crippen LogP contribution < -0.4 is 20.7 Å². The quantitative estimate of drug-likeness (QED) is 0.596. The van der Waals surface area contributed by atoms with Crippen molar-refractivity contribution in [2.45, 2.75) is 33.2 Å². The topological polar surface area (TPSA) is 119 Å². The van der Waals surface area contributed by atoms with Crippen LogP contribution in [0, 0.1) is 0 Å². The fraction of sp³-hybridized carbons (Fsp3) is 0.333. The predicted octanol–water partition coefficient (Wildman–Crippen LogP) is 3.01. The van der Waals surface area contributed by atoms with Crippen LogP contribution in [0.5, 0.6) is 5.75 Å². The zero-order chi connectivity index (χ0) is 22.1. The number of hydrogen-bond acceptors (Lipinski definition) is 7. The van der Waals surface area contributed by atoms with Gasteiger partial charge in [-0.3, -0.25) is 10.1 Å². The molecule has 1 aromatic heterocycles. The molecule has 3 amide bonds. The third-order valence-corrected chi connectivity index (χ3v) is 3.53. The van der Waals surface area contributed by atoms with Gasteiger partial charge in [0.1, 0.15) is 17.1 Å². The molecule has 30 heavy (non-hydrogen) atoms. The van der Waals surface area contributed by atoms with Crippen molar-refractivity contribution in [3.63, 3.8) is 0 Å². The smallest absolute Gasteiger partial charge is 0.342 e. The Balaban J connectivity index is 1.96. The van der Waals surface area contributed by atoms with Crippen LogP contribution in [0.1, 0.15) is 38.1 Å². The first-order valence-electron chi connectivity index (χ1n) is 9.42. The third kappa shape index (κ3) is 7.42. The number of urea groups is 1. The van der Waals surface area contributed by atoms with Crippen LogP contribution in [0.4, 0.5) is 16.3 Å². The second-order valence-electron chi connectivity index (χ2n) is 7.31. The monoisotopic (exact) mass is 414 g/mol. The Hall–Kier alpha value is -3.62. The highest BCUT2D eigenvalue weighted by Gasteiger charge is 2.18. The molecule has 1 heterocycles. The SMILES string of the molecule is CCOc1ccc(Nc2ncccc2C(=O)OCC(=O)NC(=O)NC(C)(C)C)cc1. The predicted molar refractivity (Wildman–Crippen MR) is 112 cm³/mol. The van der Waals surface area contributed by atoms with Crippen molar-refractivity contribution >= 4 is 29.4 Å². The second-order valence-corrected chi connectivity index (χ2v) is 7.31. The molecule has 0 aliphatic rings. The van der Waals surface area contributed by atoms with Gasteiger partial charge in [0.2, 0.25) is 0 Å². The number of carbonyl (C=O) groups is 3. The lowest BCUT2D eigenvalue weighted by Gasteiger charge is -2.20. The van der Waals surface area contributed by atoms with Gasteiger partial charge >= 0.3 is 12.0 Å². The van der Waals surface area contributed by atoms with E-state index in [0.717, 1.165) is 5.75 Å². The molecule has 0 spiro atoms. The minimum absolute atomic E-state index is 0.151. The van der Waals surface area contributed by atoms with Crippen LogP contribution in [0.2, 0.25) is 0 Å². The summed E-state index contributed by atoms with van der Waals surface area (Å²) in [4.78, 5) is 40.1. The summed E-state index contributed by atoms with van der Waals surface area (Å²) in [5.41, 5.74) is 0.346. The zero-order valence-corrected chi connectivity index (χ0v) is 17.4. The standard InChI is InChI=1S/C21H26N4O5/c1-5-29-15-10-8-14(9-11-15)23-18-16(7-6-12-22-18)19(27)30-13-17(26)24-20(28)25-21(2,3)4/h6-12H,5,13H2,1-4H3,(H,22,23)(H2,24,25,26,28). The van der Waals surface area contributed by atoms with E-state index in [1.54, 1.807) is 51.1 Å². The van der Waals surface area contributed by atoms with E-state index in [-0.39, 0.29) is 11.4 Å². The fourth-order valence-electron chi connectivity index (χ4n) is 2.35. The highest BCUT2D eigenvalue weighted by molar-refractivity contribution is 5.99. The largest absolute Gasteiger partial charge is 0.494 e. The summed E-state index contributed by atoms with van der Waals surface area (Å²) < 4.78 is 10.4. The van der Waals surface area contributed by atoms with Gasteiger partial charge in [-0.2, -0.15) is 0 Å². The minimum atomic E-state index is -0.747. The number of carbonyl (C=O) groups excluding carboxylic acids is 3. The first-order chi connectivity index (χ1) is 14.2. The van der Waals surface area contributed by atoms with Gasteiger partial charge in [0.25, 0.3) is 5.91 Å². The summed E-state index contributed by atoms with van der Waals surface area (Å²) >= 11 is 0. The molecular weight excluding hydrogens is 388 g/mol. The normalized spacial score (nSPS) is 10.7. The van der Waals surface area contributed by atoms with Gasteiger partial charge in [-0.25, -0.2) is 14.6 Å². The van der Waals surface area contributed by atoms with Crippen LogP contribution in [-0.2, 0) is 9.53 Å². The van der Waals surface area contributed by atoms with Crippen molar-refractivity contribution in [3.8, 4) is 5.75 Å². The lowest BCUT2D eigenvalue weighted by Crippen LogP contribution is -2.49. The first-order valence-corrected chi connectivity index (χ1v) is 9.42. The van der Waals surface area contributed by atoms with Gasteiger partial charge < -0.3 is 20.1 Å². The molecule has 0 bridgehead atoms. The molecule has 0 unspecified atom stereocenters. The van der Waals surface area contributed by atoms with Crippen molar-refractivity contribution in [2.24, 2.45) is 0 Å². The molecule has 2 aromatic rings. The number of ether oxygens (including phenoxy) is 2. The number of amides is 3. The number of benzene rings is 1. The summed E-state index contributed by atoms with van der Waals surface area (Å²) in [6.45, 7) is 7.19. The van der Waals surface area contributed by atoms with Gasteiger partial charge in [-0.1, -0.05) is 0 Å². The maximum Gasteiger partial charge on any atom is 0.342 e. The van der Waals surface area contributed by atoms with E-state index in [1.165, 1.54) is 12.3 Å². The summed E-state index contributed by atoms with van der Waals surface area (Å²) in [5, 5.41) is 7.72. The van der Waals surface area contributed by atoms with E-state index in [0.29, 0.717) is 12.3 Å². The van der Waals surface area contributed by atoms with Crippen LogP contribution >= 0.6 is 0 Å². The molecule has 0 aliphatic carbocycles.